The van der Waals surface area contributed by atoms with Crippen LogP contribution in [-0.2, 0) is 11.3 Å². The van der Waals surface area contributed by atoms with Crippen molar-refractivity contribution >= 4 is 29.9 Å². The van der Waals surface area contributed by atoms with Gasteiger partial charge in [-0.2, -0.15) is 4.98 Å². The number of likely N-dealkylation sites (tertiary alicyclic amines) is 1. The molecular weight excluding hydrogens is 423 g/mol. The van der Waals surface area contributed by atoms with Crippen molar-refractivity contribution in [3.8, 4) is 0 Å². The van der Waals surface area contributed by atoms with E-state index < -0.39 is 0 Å². The van der Waals surface area contributed by atoms with Crippen molar-refractivity contribution in [1.82, 2.24) is 25.7 Å². The lowest BCUT2D eigenvalue weighted by atomic mass is 10.1. The maximum absolute atomic E-state index is 5.14. The number of nitrogens with one attached hydrogen (secondary N) is 2. The van der Waals surface area contributed by atoms with Gasteiger partial charge in [0.15, 0.2) is 11.8 Å². The number of aliphatic imine (C=N–C) groups is 1. The van der Waals surface area contributed by atoms with Crippen LogP contribution in [-0.4, -0.2) is 66.9 Å². The molecule has 24 heavy (non-hydrogen) atoms. The first-order chi connectivity index (χ1) is 11.2. The van der Waals surface area contributed by atoms with Gasteiger partial charge in [-0.25, -0.2) is 4.99 Å². The topological polar surface area (TPSA) is 87.8 Å². The molecule has 0 aromatic carbocycles. The predicted molar refractivity (Wildman–Crippen MR) is 104 cm³/mol. The maximum Gasteiger partial charge on any atom is 0.223 e. The number of hydrogen-bond donors (Lipinski definition) is 2. The van der Waals surface area contributed by atoms with E-state index in [1.165, 1.54) is 0 Å². The molecule has 0 saturated carbocycles. The predicted octanol–water partition coefficient (Wildman–Crippen LogP) is 1.16. The molecule has 138 valence electrons. The van der Waals surface area contributed by atoms with Gasteiger partial charge in [0.25, 0.3) is 0 Å². The molecule has 0 atom stereocenters. The first kappa shape index (κ1) is 21.1. The summed E-state index contributed by atoms with van der Waals surface area (Å²) in [7, 11) is 1.75. The molecule has 2 N–H and O–H groups in total. The fourth-order valence-electron chi connectivity index (χ4n) is 2.59. The summed E-state index contributed by atoms with van der Waals surface area (Å²) in [6.07, 6.45) is 2.21. The highest BCUT2D eigenvalue weighted by molar-refractivity contribution is 14.0. The number of rotatable bonds is 7. The number of halogens is 1. The third-order valence-electron chi connectivity index (χ3n) is 3.83. The van der Waals surface area contributed by atoms with E-state index in [1.54, 1.807) is 14.0 Å². The average Bonchev–Trinajstić information content (AvgIpc) is 2.98. The number of aromatic nitrogens is 2. The molecule has 0 bridgehead atoms. The molecule has 0 spiro atoms. The molecule has 2 rings (SSSR count). The van der Waals surface area contributed by atoms with Crippen LogP contribution in [0.3, 0.4) is 0 Å². The van der Waals surface area contributed by atoms with Gasteiger partial charge in [-0.05, 0) is 19.8 Å². The number of aryl methyl sites for hydroxylation is 1. The number of guanidine groups is 1. The molecule has 1 saturated heterocycles. The van der Waals surface area contributed by atoms with Crippen LogP contribution in [0.4, 0.5) is 0 Å². The molecule has 0 unspecified atom stereocenters. The highest BCUT2D eigenvalue weighted by Gasteiger charge is 2.19. The Morgan fingerprint density at radius 2 is 2.17 bits per heavy atom. The van der Waals surface area contributed by atoms with Gasteiger partial charge in [0.1, 0.15) is 6.54 Å². The number of ether oxygens (including phenoxy) is 1. The van der Waals surface area contributed by atoms with Crippen molar-refractivity contribution in [3.05, 3.63) is 11.7 Å². The van der Waals surface area contributed by atoms with Gasteiger partial charge in [-0.3, -0.25) is 0 Å². The third-order valence-corrected chi connectivity index (χ3v) is 3.83. The largest absolute Gasteiger partial charge is 0.383 e. The zero-order valence-electron chi connectivity index (χ0n) is 14.7. The smallest absolute Gasteiger partial charge is 0.223 e. The van der Waals surface area contributed by atoms with Crippen LogP contribution in [0.5, 0.6) is 0 Å². The van der Waals surface area contributed by atoms with Gasteiger partial charge in [-0.15, -0.1) is 24.0 Å². The minimum atomic E-state index is 0. The number of piperidine rings is 1. The lowest BCUT2D eigenvalue weighted by Gasteiger charge is -2.32. The highest BCUT2D eigenvalue weighted by Crippen LogP contribution is 2.10. The average molecular weight is 452 g/mol. The Morgan fingerprint density at radius 3 is 2.75 bits per heavy atom. The second-order valence-corrected chi connectivity index (χ2v) is 5.68. The van der Waals surface area contributed by atoms with E-state index in [-0.39, 0.29) is 24.0 Å². The van der Waals surface area contributed by atoms with Crippen LogP contribution in [0.15, 0.2) is 9.52 Å². The van der Waals surface area contributed by atoms with Crippen molar-refractivity contribution in [2.45, 2.75) is 39.3 Å². The number of methoxy groups -OCH3 is 1. The number of nitrogens with zero attached hydrogens (tertiary/aromatic N) is 4. The summed E-state index contributed by atoms with van der Waals surface area (Å²) in [5.74, 6) is 1.98. The minimum Gasteiger partial charge on any atom is -0.383 e. The Kier molecular flexibility index (Phi) is 10.2. The van der Waals surface area contributed by atoms with Gasteiger partial charge in [0, 0.05) is 46.3 Å². The van der Waals surface area contributed by atoms with Crippen LogP contribution in [0.25, 0.3) is 0 Å². The Balaban J connectivity index is 0.00000288. The highest BCUT2D eigenvalue weighted by atomic mass is 127. The fourth-order valence-corrected chi connectivity index (χ4v) is 2.59. The van der Waals surface area contributed by atoms with Gasteiger partial charge < -0.3 is 24.8 Å². The minimum absolute atomic E-state index is 0. The third kappa shape index (κ3) is 7.31. The fraction of sp³-hybridized carbons (Fsp3) is 0.800. The monoisotopic (exact) mass is 452 g/mol. The van der Waals surface area contributed by atoms with Crippen molar-refractivity contribution < 1.29 is 9.26 Å². The van der Waals surface area contributed by atoms with E-state index in [9.17, 15) is 0 Å². The lowest BCUT2D eigenvalue weighted by Crippen LogP contribution is -2.49. The lowest BCUT2D eigenvalue weighted by molar-refractivity contribution is 0.128. The zero-order valence-corrected chi connectivity index (χ0v) is 17.1. The quantitative estimate of drug-likeness (QED) is 0.365. The molecule has 1 aromatic heterocycles. The standard InChI is InChI=1S/C15H28N6O2.HI/c1-4-16-15(17-11-14-18-12(2)23-20-14)19-13-5-7-21(8-6-13)9-10-22-3;/h13H,4-11H2,1-3H3,(H2,16,17,19);1H. The molecule has 1 aliphatic rings. The van der Waals surface area contributed by atoms with Crippen molar-refractivity contribution in [2.24, 2.45) is 4.99 Å². The van der Waals surface area contributed by atoms with Gasteiger partial charge in [0.2, 0.25) is 5.89 Å². The molecule has 1 fully saturated rings. The molecule has 9 heteroatoms. The normalized spacial score (nSPS) is 16.7. The Hall–Kier alpha value is -0.940. The summed E-state index contributed by atoms with van der Waals surface area (Å²) < 4.78 is 10.1. The van der Waals surface area contributed by atoms with E-state index in [1.807, 2.05) is 0 Å². The molecule has 1 aliphatic heterocycles. The summed E-state index contributed by atoms with van der Waals surface area (Å²) in [6, 6.07) is 0.443. The molecule has 0 amide bonds. The summed E-state index contributed by atoms with van der Waals surface area (Å²) >= 11 is 0. The van der Waals surface area contributed by atoms with Crippen LogP contribution in [0.2, 0.25) is 0 Å². The summed E-state index contributed by atoms with van der Waals surface area (Å²) in [5.41, 5.74) is 0. The van der Waals surface area contributed by atoms with Gasteiger partial charge in [-0.1, -0.05) is 5.16 Å². The second kappa shape index (κ2) is 11.6. The van der Waals surface area contributed by atoms with Crippen molar-refractivity contribution in [3.63, 3.8) is 0 Å². The van der Waals surface area contributed by atoms with Crippen molar-refractivity contribution in [2.75, 3.05) is 39.9 Å². The zero-order chi connectivity index (χ0) is 16.5. The first-order valence-electron chi connectivity index (χ1n) is 8.26. The molecule has 2 heterocycles. The second-order valence-electron chi connectivity index (χ2n) is 5.68. The molecule has 1 aromatic rings. The van der Waals surface area contributed by atoms with Gasteiger partial charge >= 0.3 is 0 Å². The summed E-state index contributed by atoms with van der Waals surface area (Å²) in [6.45, 7) is 9.06. The van der Waals surface area contributed by atoms with Gasteiger partial charge in [0.05, 0.1) is 6.61 Å². The first-order valence-corrected chi connectivity index (χ1v) is 8.26. The molecular formula is C15H29IN6O2. The van der Waals surface area contributed by atoms with E-state index >= 15 is 0 Å². The Morgan fingerprint density at radius 1 is 1.42 bits per heavy atom. The Labute approximate surface area is 160 Å². The molecule has 0 radical (unpaired) electrons. The van der Waals surface area contributed by atoms with E-state index in [0.29, 0.717) is 24.3 Å². The van der Waals surface area contributed by atoms with Crippen LogP contribution in [0.1, 0.15) is 31.5 Å². The van der Waals surface area contributed by atoms with Crippen LogP contribution < -0.4 is 10.6 Å². The van der Waals surface area contributed by atoms with Crippen LogP contribution in [0, 0.1) is 6.92 Å². The summed E-state index contributed by atoms with van der Waals surface area (Å²) in [4.78, 5) is 11.1. The van der Waals surface area contributed by atoms with Crippen molar-refractivity contribution in [1.29, 1.82) is 0 Å². The molecule has 8 nitrogen and oxygen atoms in total. The number of hydrogen-bond acceptors (Lipinski definition) is 6. The van der Waals surface area contributed by atoms with E-state index in [2.05, 4.69) is 37.6 Å². The summed E-state index contributed by atoms with van der Waals surface area (Å²) in [5, 5.41) is 10.6. The van der Waals surface area contributed by atoms with Crippen LogP contribution >= 0.6 is 24.0 Å². The maximum atomic E-state index is 5.14. The van der Waals surface area contributed by atoms with E-state index in [4.69, 9.17) is 9.26 Å². The SMILES string of the molecule is CCNC(=NCc1noc(C)n1)NC1CCN(CCOC)CC1.I. The molecule has 0 aliphatic carbocycles. The van der Waals surface area contributed by atoms with E-state index in [0.717, 1.165) is 51.6 Å². The Bertz CT molecular complexity index is 488.